The highest BCUT2D eigenvalue weighted by Gasteiger charge is 2.27. The van der Waals surface area contributed by atoms with Gasteiger partial charge in [0.2, 0.25) is 0 Å². The summed E-state index contributed by atoms with van der Waals surface area (Å²) in [6.45, 7) is 5.00. The monoisotopic (exact) mass is 414 g/mol. The van der Waals surface area contributed by atoms with Crippen molar-refractivity contribution >= 4 is 17.4 Å². The van der Waals surface area contributed by atoms with E-state index in [4.69, 9.17) is 4.74 Å². The molecule has 0 amide bonds. The van der Waals surface area contributed by atoms with E-state index in [2.05, 4.69) is 34.1 Å². The highest BCUT2D eigenvalue weighted by atomic mass is 32.2. The van der Waals surface area contributed by atoms with Crippen molar-refractivity contribution in [3.05, 3.63) is 65.5 Å². The molecule has 0 unspecified atom stereocenters. The van der Waals surface area contributed by atoms with Crippen LogP contribution in [0, 0.1) is 5.82 Å². The molecule has 2 aromatic carbocycles. The minimum absolute atomic E-state index is 0.179. The van der Waals surface area contributed by atoms with Gasteiger partial charge in [0, 0.05) is 43.7 Å². The second-order valence-corrected chi connectivity index (χ2v) is 8.95. The summed E-state index contributed by atoms with van der Waals surface area (Å²) >= 11 is 2.04. The van der Waals surface area contributed by atoms with Crippen LogP contribution in [-0.4, -0.2) is 49.7 Å². The molecule has 0 aliphatic carbocycles. The number of likely N-dealkylation sites (tertiary alicyclic amines) is 1. The van der Waals surface area contributed by atoms with Crippen LogP contribution >= 0.6 is 11.8 Å². The smallest absolute Gasteiger partial charge is 0.123 e. The number of fused-ring (bicyclic) bond motifs is 1. The number of nitrogens with zero attached hydrogens (tertiary/aromatic N) is 2. The van der Waals surface area contributed by atoms with Crippen molar-refractivity contribution in [1.82, 2.24) is 4.90 Å². The van der Waals surface area contributed by atoms with Crippen LogP contribution in [0.2, 0.25) is 0 Å². The van der Waals surface area contributed by atoms with Crippen molar-refractivity contribution in [3.8, 4) is 0 Å². The molecule has 0 saturated carbocycles. The topological polar surface area (TPSA) is 15.7 Å². The normalized spacial score (nSPS) is 18.0. The number of halogens is 1. The Kier molecular flexibility index (Phi) is 7.47. The average molecular weight is 415 g/mol. The third kappa shape index (κ3) is 5.74. The SMILES string of the molecule is Fc1ccc(CCOCCCN2CCC(N3CSCc4ccccc43)CC2)cc1. The summed E-state index contributed by atoms with van der Waals surface area (Å²) in [5, 5.41) is 0. The van der Waals surface area contributed by atoms with Crippen molar-refractivity contribution < 1.29 is 9.13 Å². The Hall–Kier alpha value is -1.56. The number of benzene rings is 2. The molecule has 29 heavy (non-hydrogen) atoms. The first-order chi connectivity index (χ1) is 14.3. The molecule has 5 heteroatoms. The number of piperidine rings is 1. The van der Waals surface area contributed by atoms with Gasteiger partial charge < -0.3 is 14.5 Å². The van der Waals surface area contributed by atoms with Crippen LogP contribution in [0.3, 0.4) is 0 Å². The maximum absolute atomic E-state index is 12.9. The quantitative estimate of drug-likeness (QED) is 0.568. The Bertz CT molecular complexity index is 762. The molecule has 2 aliphatic heterocycles. The highest BCUT2D eigenvalue weighted by Crippen LogP contribution is 2.35. The highest BCUT2D eigenvalue weighted by molar-refractivity contribution is 7.98. The number of hydrogen-bond donors (Lipinski definition) is 0. The fourth-order valence-corrected chi connectivity index (χ4v) is 5.43. The lowest BCUT2D eigenvalue weighted by atomic mass is 10.0. The van der Waals surface area contributed by atoms with Crippen LogP contribution in [-0.2, 0) is 16.9 Å². The van der Waals surface area contributed by atoms with Gasteiger partial charge in [0.1, 0.15) is 5.82 Å². The molecule has 0 N–H and O–H groups in total. The molecule has 4 rings (SSSR count). The first kappa shape index (κ1) is 20.7. The van der Waals surface area contributed by atoms with Crippen molar-refractivity contribution in [2.75, 3.05) is 43.6 Å². The Balaban J connectivity index is 1.12. The lowest BCUT2D eigenvalue weighted by Crippen LogP contribution is -2.46. The fourth-order valence-electron chi connectivity index (χ4n) is 4.33. The molecule has 0 aromatic heterocycles. The van der Waals surface area contributed by atoms with Crippen LogP contribution in [0.15, 0.2) is 48.5 Å². The summed E-state index contributed by atoms with van der Waals surface area (Å²) in [6.07, 6.45) is 4.43. The first-order valence-electron chi connectivity index (χ1n) is 10.8. The van der Waals surface area contributed by atoms with E-state index in [-0.39, 0.29) is 5.82 Å². The van der Waals surface area contributed by atoms with Crippen molar-refractivity contribution in [1.29, 1.82) is 0 Å². The Labute approximate surface area is 178 Å². The zero-order valence-electron chi connectivity index (χ0n) is 17.1. The van der Waals surface area contributed by atoms with E-state index in [0.717, 1.165) is 43.2 Å². The van der Waals surface area contributed by atoms with Crippen LogP contribution in [0.25, 0.3) is 0 Å². The van der Waals surface area contributed by atoms with E-state index < -0.39 is 0 Å². The van der Waals surface area contributed by atoms with Gasteiger partial charge in [-0.05, 0) is 55.0 Å². The lowest BCUT2D eigenvalue weighted by molar-refractivity contribution is 0.117. The number of thioether (sulfide) groups is 1. The van der Waals surface area contributed by atoms with E-state index in [1.165, 1.54) is 49.3 Å². The zero-order chi connectivity index (χ0) is 19.9. The summed E-state index contributed by atoms with van der Waals surface area (Å²) < 4.78 is 18.7. The summed E-state index contributed by atoms with van der Waals surface area (Å²) in [5.41, 5.74) is 4.08. The molecule has 1 saturated heterocycles. The second kappa shape index (κ2) is 10.5. The van der Waals surface area contributed by atoms with E-state index >= 15 is 0 Å². The van der Waals surface area contributed by atoms with Gasteiger partial charge in [0.15, 0.2) is 0 Å². The largest absolute Gasteiger partial charge is 0.381 e. The molecule has 0 atom stereocenters. The van der Waals surface area contributed by atoms with Gasteiger partial charge >= 0.3 is 0 Å². The molecule has 2 heterocycles. The molecular weight excluding hydrogens is 383 g/mol. The summed E-state index contributed by atoms with van der Waals surface area (Å²) in [5.74, 6) is 2.10. The molecule has 0 radical (unpaired) electrons. The molecule has 2 aliphatic rings. The molecule has 0 spiro atoms. The van der Waals surface area contributed by atoms with Gasteiger partial charge in [0.05, 0.1) is 12.5 Å². The summed E-state index contributed by atoms with van der Waals surface area (Å²) in [4.78, 5) is 5.22. The Morgan fingerprint density at radius 3 is 2.62 bits per heavy atom. The predicted octanol–water partition coefficient (Wildman–Crippen LogP) is 4.95. The predicted molar refractivity (Wildman–Crippen MR) is 120 cm³/mol. The van der Waals surface area contributed by atoms with Crippen molar-refractivity contribution in [3.63, 3.8) is 0 Å². The van der Waals surface area contributed by atoms with Gasteiger partial charge in [-0.2, -0.15) is 0 Å². The third-order valence-corrected chi connectivity index (χ3v) is 6.97. The maximum atomic E-state index is 12.9. The van der Waals surface area contributed by atoms with Gasteiger partial charge in [-0.1, -0.05) is 30.3 Å². The minimum atomic E-state index is -0.179. The van der Waals surface area contributed by atoms with Crippen LogP contribution < -0.4 is 4.90 Å². The number of para-hydroxylation sites is 1. The minimum Gasteiger partial charge on any atom is -0.381 e. The lowest BCUT2D eigenvalue weighted by Gasteiger charge is -2.42. The molecule has 0 bridgehead atoms. The Morgan fingerprint density at radius 1 is 1.00 bits per heavy atom. The van der Waals surface area contributed by atoms with E-state index in [0.29, 0.717) is 12.6 Å². The number of rotatable bonds is 8. The third-order valence-electron chi connectivity index (χ3n) is 6.00. The number of anilines is 1. The summed E-state index contributed by atoms with van der Waals surface area (Å²) in [7, 11) is 0. The zero-order valence-corrected chi connectivity index (χ0v) is 17.9. The number of hydrogen-bond acceptors (Lipinski definition) is 4. The van der Waals surface area contributed by atoms with Gasteiger partial charge in [-0.15, -0.1) is 11.8 Å². The average Bonchev–Trinajstić information content (AvgIpc) is 2.77. The standard InChI is InChI=1S/C24H31FN2OS/c25-22-8-6-20(7-9-22)12-17-28-16-3-13-26-14-10-23(11-15-26)27-19-29-18-21-4-1-2-5-24(21)27/h1-2,4-9,23H,3,10-19H2. The van der Waals surface area contributed by atoms with E-state index in [1.807, 2.05) is 23.9 Å². The van der Waals surface area contributed by atoms with Crippen LogP contribution in [0.4, 0.5) is 10.1 Å². The fraction of sp³-hybridized carbons (Fsp3) is 0.500. The van der Waals surface area contributed by atoms with Gasteiger partial charge in [0.25, 0.3) is 0 Å². The summed E-state index contributed by atoms with van der Waals surface area (Å²) in [6, 6.07) is 16.3. The molecule has 156 valence electrons. The van der Waals surface area contributed by atoms with E-state index in [9.17, 15) is 4.39 Å². The van der Waals surface area contributed by atoms with Crippen molar-refractivity contribution in [2.24, 2.45) is 0 Å². The molecule has 1 fully saturated rings. The second-order valence-electron chi connectivity index (χ2n) is 7.99. The van der Waals surface area contributed by atoms with Crippen LogP contribution in [0.1, 0.15) is 30.4 Å². The molecular formula is C24H31FN2OS. The molecule has 2 aromatic rings. The van der Waals surface area contributed by atoms with Gasteiger partial charge in [-0.3, -0.25) is 0 Å². The first-order valence-corrected chi connectivity index (χ1v) is 11.9. The van der Waals surface area contributed by atoms with Crippen molar-refractivity contribution in [2.45, 2.75) is 37.5 Å². The maximum Gasteiger partial charge on any atom is 0.123 e. The van der Waals surface area contributed by atoms with Gasteiger partial charge in [-0.25, -0.2) is 4.39 Å². The van der Waals surface area contributed by atoms with E-state index in [1.54, 1.807) is 0 Å². The van der Waals surface area contributed by atoms with Crippen LogP contribution in [0.5, 0.6) is 0 Å². The number of ether oxygens (including phenoxy) is 1. The molecule has 3 nitrogen and oxygen atoms in total. The Morgan fingerprint density at radius 2 is 1.79 bits per heavy atom.